The molecule has 2 N–H and O–H groups in total. The van der Waals surface area contributed by atoms with Gasteiger partial charge in [0, 0.05) is 5.41 Å². The summed E-state index contributed by atoms with van der Waals surface area (Å²) in [6, 6.07) is 14.3. The van der Waals surface area contributed by atoms with Crippen molar-refractivity contribution in [1.29, 1.82) is 0 Å². The van der Waals surface area contributed by atoms with Crippen LogP contribution in [0.3, 0.4) is 0 Å². The zero-order valence-electron chi connectivity index (χ0n) is 14.2. The summed E-state index contributed by atoms with van der Waals surface area (Å²) in [4.78, 5) is 21.3. The molecule has 0 unspecified atom stereocenters. The summed E-state index contributed by atoms with van der Waals surface area (Å²) < 4.78 is 9.38. The molecule has 0 saturated heterocycles. The van der Waals surface area contributed by atoms with Crippen molar-refractivity contribution >= 4 is 12.3 Å². The Kier molecular flexibility index (Phi) is 5.11. The molecule has 1 aliphatic rings. The standard InChI is InChI=1S/C20H20O6/c21-18(22)25-16-8-4-14(5-9-16)20(12-2-1-3-13-20)15-6-10-17(11-7-15)26-19(23)24/h4-11H,1-3,12-13H2,(H,21,22)(H,23,24). The zero-order valence-corrected chi connectivity index (χ0v) is 14.2. The van der Waals surface area contributed by atoms with E-state index < -0.39 is 12.3 Å². The number of carboxylic acid groups (broad SMARTS) is 2. The van der Waals surface area contributed by atoms with Gasteiger partial charge < -0.3 is 19.7 Å². The van der Waals surface area contributed by atoms with Gasteiger partial charge in [-0.2, -0.15) is 0 Å². The van der Waals surface area contributed by atoms with Crippen LogP contribution in [0.15, 0.2) is 48.5 Å². The predicted octanol–water partition coefficient (Wildman–Crippen LogP) is 5.05. The normalized spacial score (nSPS) is 15.8. The lowest BCUT2D eigenvalue weighted by Gasteiger charge is -2.38. The first kappa shape index (κ1) is 17.8. The highest BCUT2D eigenvalue weighted by atomic mass is 16.7. The minimum Gasteiger partial charge on any atom is -0.449 e. The molecule has 6 nitrogen and oxygen atoms in total. The largest absolute Gasteiger partial charge is 0.511 e. The molecule has 136 valence electrons. The van der Waals surface area contributed by atoms with Crippen molar-refractivity contribution in [2.24, 2.45) is 0 Å². The third kappa shape index (κ3) is 3.79. The molecule has 3 rings (SSSR count). The van der Waals surface area contributed by atoms with Crippen molar-refractivity contribution in [3.63, 3.8) is 0 Å². The van der Waals surface area contributed by atoms with Crippen molar-refractivity contribution < 1.29 is 29.3 Å². The summed E-state index contributed by atoms with van der Waals surface area (Å²) >= 11 is 0. The van der Waals surface area contributed by atoms with Gasteiger partial charge in [-0.15, -0.1) is 0 Å². The molecule has 1 saturated carbocycles. The smallest absolute Gasteiger partial charge is 0.449 e. The van der Waals surface area contributed by atoms with Gasteiger partial charge in [0.2, 0.25) is 0 Å². The zero-order chi connectivity index (χ0) is 18.6. The molecule has 0 radical (unpaired) electrons. The van der Waals surface area contributed by atoms with E-state index in [2.05, 4.69) is 0 Å². The average molecular weight is 356 g/mol. The van der Waals surface area contributed by atoms with Crippen LogP contribution in [0.2, 0.25) is 0 Å². The highest BCUT2D eigenvalue weighted by Gasteiger charge is 2.35. The first-order chi connectivity index (χ1) is 12.5. The van der Waals surface area contributed by atoms with Crippen molar-refractivity contribution in [2.75, 3.05) is 0 Å². The summed E-state index contributed by atoms with van der Waals surface area (Å²) in [5, 5.41) is 17.5. The number of hydrogen-bond acceptors (Lipinski definition) is 4. The molecule has 0 amide bonds. The van der Waals surface area contributed by atoms with Crippen LogP contribution < -0.4 is 9.47 Å². The van der Waals surface area contributed by atoms with Crippen LogP contribution in [-0.2, 0) is 5.41 Å². The Morgan fingerprint density at radius 2 is 1.08 bits per heavy atom. The Labute approximate surface area is 151 Å². The van der Waals surface area contributed by atoms with E-state index in [4.69, 9.17) is 19.7 Å². The molecular formula is C20H20O6. The van der Waals surface area contributed by atoms with Gasteiger partial charge in [0.15, 0.2) is 0 Å². The van der Waals surface area contributed by atoms with E-state index in [0.717, 1.165) is 36.8 Å². The van der Waals surface area contributed by atoms with E-state index in [-0.39, 0.29) is 16.9 Å². The van der Waals surface area contributed by atoms with Gasteiger partial charge in [-0.3, -0.25) is 0 Å². The maximum absolute atomic E-state index is 10.7. The monoisotopic (exact) mass is 356 g/mol. The molecule has 1 aliphatic carbocycles. The Morgan fingerprint density at radius 3 is 1.42 bits per heavy atom. The second-order valence-corrected chi connectivity index (χ2v) is 6.43. The van der Waals surface area contributed by atoms with Crippen LogP contribution in [0, 0.1) is 0 Å². The van der Waals surface area contributed by atoms with Gasteiger partial charge in [-0.1, -0.05) is 43.5 Å². The second kappa shape index (κ2) is 7.47. The highest BCUT2D eigenvalue weighted by Crippen LogP contribution is 2.45. The van der Waals surface area contributed by atoms with Crippen molar-refractivity contribution in [3.05, 3.63) is 59.7 Å². The maximum Gasteiger partial charge on any atom is 0.511 e. The molecule has 0 atom stereocenters. The average Bonchev–Trinajstić information content (AvgIpc) is 2.62. The summed E-state index contributed by atoms with van der Waals surface area (Å²) in [6.07, 6.45) is 2.67. The van der Waals surface area contributed by atoms with Crippen LogP contribution >= 0.6 is 0 Å². The fraction of sp³-hybridized carbons (Fsp3) is 0.300. The number of benzene rings is 2. The van der Waals surface area contributed by atoms with E-state index in [1.807, 2.05) is 24.3 Å². The fourth-order valence-electron chi connectivity index (χ4n) is 3.79. The molecule has 26 heavy (non-hydrogen) atoms. The molecule has 0 spiro atoms. The van der Waals surface area contributed by atoms with Gasteiger partial charge in [-0.25, -0.2) is 9.59 Å². The first-order valence-electron chi connectivity index (χ1n) is 8.52. The molecule has 0 aliphatic heterocycles. The van der Waals surface area contributed by atoms with Crippen molar-refractivity contribution in [1.82, 2.24) is 0 Å². The van der Waals surface area contributed by atoms with Crippen molar-refractivity contribution in [2.45, 2.75) is 37.5 Å². The van der Waals surface area contributed by atoms with Gasteiger partial charge in [0.25, 0.3) is 0 Å². The minimum absolute atomic E-state index is 0.179. The number of ether oxygens (including phenoxy) is 2. The predicted molar refractivity (Wildman–Crippen MR) is 94.1 cm³/mol. The van der Waals surface area contributed by atoms with Crippen LogP contribution in [0.25, 0.3) is 0 Å². The topological polar surface area (TPSA) is 93.1 Å². The summed E-state index contributed by atoms with van der Waals surface area (Å²) in [7, 11) is 0. The van der Waals surface area contributed by atoms with E-state index in [0.29, 0.717) is 0 Å². The Balaban J connectivity index is 1.93. The number of hydrogen-bond donors (Lipinski definition) is 2. The quantitative estimate of drug-likeness (QED) is 0.588. The van der Waals surface area contributed by atoms with Crippen LogP contribution in [-0.4, -0.2) is 22.5 Å². The Bertz CT molecular complexity index is 711. The lowest BCUT2D eigenvalue weighted by Crippen LogP contribution is -2.30. The summed E-state index contributed by atoms with van der Waals surface area (Å²) in [5.41, 5.74) is 2.02. The van der Waals surface area contributed by atoms with E-state index in [1.165, 1.54) is 6.42 Å². The summed E-state index contributed by atoms with van der Waals surface area (Å²) in [5.74, 6) is 0.579. The van der Waals surface area contributed by atoms with Crippen LogP contribution in [0.5, 0.6) is 11.5 Å². The molecule has 1 fully saturated rings. The lowest BCUT2D eigenvalue weighted by atomic mass is 9.65. The van der Waals surface area contributed by atoms with Gasteiger partial charge in [0.1, 0.15) is 11.5 Å². The SMILES string of the molecule is O=C(O)Oc1ccc(C2(c3ccc(OC(=O)O)cc3)CCCCC2)cc1. The van der Waals surface area contributed by atoms with Crippen LogP contribution in [0.4, 0.5) is 9.59 Å². The number of rotatable bonds is 4. The third-order valence-electron chi connectivity index (χ3n) is 4.93. The second-order valence-electron chi connectivity index (χ2n) is 6.43. The fourth-order valence-corrected chi connectivity index (χ4v) is 3.79. The molecule has 6 heteroatoms. The lowest BCUT2D eigenvalue weighted by molar-refractivity contribution is 0.143. The van der Waals surface area contributed by atoms with E-state index in [9.17, 15) is 9.59 Å². The number of carbonyl (C=O) groups is 2. The molecule has 2 aromatic rings. The van der Waals surface area contributed by atoms with Gasteiger partial charge >= 0.3 is 12.3 Å². The highest BCUT2D eigenvalue weighted by molar-refractivity contribution is 5.62. The Hall–Kier alpha value is -3.02. The van der Waals surface area contributed by atoms with E-state index >= 15 is 0 Å². The molecule has 0 aromatic heterocycles. The first-order valence-corrected chi connectivity index (χ1v) is 8.52. The molecular weight excluding hydrogens is 336 g/mol. The van der Waals surface area contributed by atoms with Crippen molar-refractivity contribution in [3.8, 4) is 11.5 Å². The van der Waals surface area contributed by atoms with Crippen LogP contribution in [0.1, 0.15) is 43.2 Å². The van der Waals surface area contributed by atoms with Gasteiger partial charge in [-0.05, 0) is 48.2 Å². The minimum atomic E-state index is -1.33. The molecule has 0 bridgehead atoms. The molecule has 2 aromatic carbocycles. The Morgan fingerprint density at radius 1 is 0.692 bits per heavy atom. The van der Waals surface area contributed by atoms with Gasteiger partial charge in [0.05, 0.1) is 0 Å². The maximum atomic E-state index is 10.7. The molecule has 0 heterocycles. The van der Waals surface area contributed by atoms with E-state index in [1.54, 1.807) is 24.3 Å². The third-order valence-corrected chi connectivity index (χ3v) is 4.93. The summed E-state index contributed by atoms with van der Waals surface area (Å²) in [6.45, 7) is 0.